The van der Waals surface area contributed by atoms with Crippen molar-refractivity contribution in [3.05, 3.63) is 46.5 Å². The first-order chi connectivity index (χ1) is 11.2. The lowest BCUT2D eigenvalue weighted by Crippen LogP contribution is -2.11. The summed E-state index contributed by atoms with van der Waals surface area (Å²) in [6.07, 6.45) is 1.25. The number of benzene rings is 1. The molecule has 3 aromatic rings. The molecular weight excluding hydrogens is 380 g/mol. The van der Waals surface area contributed by atoms with Crippen LogP contribution in [0, 0.1) is 5.82 Å². The van der Waals surface area contributed by atoms with Crippen LogP contribution in [0.3, 0.4) is 0 Å². The Hall–Kier alpha value is -1.87. The molecule has 0 amide bonds. The lowest BCUT2D eigenvalue weighted by atomic mass is 10.2. The van der Waals surface area contributed by atoms with E-state index in [0.717, 1.165) is 6.07 Å². The van der Waals surface area contributed by atoms with Crippen molar-refractivity contribution in [1.82, 2.24) is 9.55 Å². The maximum Gasteiger partial charge on any atom is 0.240 e. The molecule has 3 rings (SSSR count). The number of fused-ring (bicyclic) bond motifs is 1. The monoisotopic (exact) mass is 389 g/mol. The Morgan fingerprint density at radius 3 is 2.62 bits per heavy atom. The second kappa shape index (κ2) is 5.89. The van der Waals surface area contributed by atoms with Gasteiger partial charge in [-0.25, -0.2) is 17.9 Å². The van der Waals surface area contributed by atoms with Crippen molar-refractivity contribution in [2.45, 2.75) is 4.90 Å². The summed E-state index contributed by atoms with van der Waals surface area (Å²) in [4.78, 5) is 3.67. The summed E-state index contributed by atoms with van der Waals surface area (Å²) < 4.78 is 44.0. The number of aromatic nitrogens is 2. The fourth-order valence-electron chi connectivity index (χ4n) is 2.36. The average molecular weight is 390 g/mol. The minimum absolute atomic E-state index is 0.0132. The van der Waals surface area contributed by atoms with Crippen molar-refractivity contribution in [2.75, 3.05) is 7.11 Å². The van der Waals surface area contributed by atoms with Crippen molar-refractivity contribution in [3.63, 3.8) is 0 Å². The standard InChI is InChI=1S/C14H10Cl2FN3O3S/c1-23-14-11(5-9(17)13(16)19-14)20-6-12(24(18,21)22)8-3-2-7(15)4-10(8)20/h2-6H,1H3,(H2,18,21,22). The van der Waals surface area contributed by atoms with Crippen LogP contribution in [0.5, 0.6) is 5.88 Å². The molecule has 2 N–H and O–H groups in total. The molecule has 0 radical (unpaired) electrons. The van der Waals surface area contributed by atoms with Gasteiger partial charge in [0.15, 0.2) is 11.0 Å². The van der Waals surface area contributed by atoms with Crippen LogP contribution >= 0.6 is 23.2 Å². The highest BCUT2D eigenvalue weighted by molar-refractivity contribution is 7.89. The van der Waals surface area contributed by atoms with E-state index in [9.17, 15) is 12.8 Å². The number of primary sulfonamides is 1. The first kappa shape index (κ1) is 17.0. The van der Waals surface area contributed by atoms with Crippen molar-refractivity contribution in [3.8, 4) is 11.6 Å². The zero-order valence-electron chi connectivity index (χ0n) is 12.1. The van der Waals surface area contributed by atoms with Crippen LogP contribution in [0.15, 0.2) is 35.4 Å². The number of sulfonamides is 1. The number of methoxy groups -OCH3 is 1. The fourth-order valence-corrected chi connectivity index (χ4v) is 3.39. The van der Waals surface area contributed by atoms with E-state index in [1.807, 2.05) is 0 Å². The molecule has 0 saturated heterocycles. The Labute approximate surface area is 146 Å². The average Bonchev–Trinajstić information content (AvgIpc) is 2.88. The second-order valence-electron chi connectivity index (χ2n) is 4.86. The van der Waals surface area contributed by atoms with Gasteiger partial charge in [0.25, 0.3) is 0 Å². The van der Waals surface area contributed by atoms with Crippen LogP contribution in [-0.2, 0) is 10.0 Å². The lowest BCUT2D eigenvalue weighted by Gasteiger charge is -2.11. The summed E-state index contributed by atoms with van der Waals surface area (Å²) in [5.74, 6) is -0.771. The maximum absolute atomic E-state index is 13.9. The highest BCUT2D eigenvalue weighted by Crippen LogP contribution is 2.33. The van der Waals surface area contributed by atoms with Crippen LogP contribution in [0.2, 0.25) is 10.2 Å². The first-order valence-electron chi connectivity index (χ1n) is 6.46. The van der Waals surface area contributed by atoms with Crippen LogP contribution in [0.1, 0.15) is 0 Å². The van der Waals surface area contributed by atoms with E-state index in [1.54, 1.807) is 0 Å². The molecule has 0 unspecified atom stereocenters. The van der Waals surface area contributed by atoms with Crippen LogP contribution in [-0.4, -0.2) is 25.1 Å². The van der Waals surface area contributed by atoms with Crippen LogP contribution in [0.25, 0.3) is 16.6 Å². The SMILES string of the molecule is COc1nc(Cl)c(F)cc1-n1cc(S(N)(=O)=O)c2ccc(Cl)cc21. The molecule has 2 heterocycles. The Morgan fingerprint density at radius 1 is 1.29 bits per heavy atom. The highest BCUT2D eigenvalue weighted by Gasteiger charge is 2.21. The van der Waals surface area contributed by atoms with Crippen molar-refractivity contribution < 1.29 is 17.5 Å². The molecule has 126 valence electrons. The zero-order valence-corrected chi connectivity index (χ0v) is 14.5. The van der Waals surface area contributed by atoms with Gasteiger partial charge < -0.3 is 9.30 Å². The molecule has 6 nitrogen and oxygen atoms in total. The van der Waals surface area contributed by atoms with Gasteiger partial charge in [-0.05, 0) is 18.2 Å². The molecule has 0 aliphatic heterocycles. The third-order valence-electron chi connectivity index (χ3n) is 3.37. The van der Waals surface area contributed by atoms with Crippen LogP contribution < -0.4 is 9.88 Å². The van der Waals surface area contributed by atoms with E-state index in [4.69, 9.17) is 33.1 Å². The minimum Gasteiger partial charge on any atom is -0.479 e. The molecule has 0 atom stereocenters. The molecule has 1 aromatic carbocycles. The predicted octanol–water partition coefficient (Wildman–Crippen LogP) is 3.13. The first-order valence-corrected chi connectivity index (χ1v) is 8.76. The van der Waals surface area contributed by atoms with Gasteiger partial charge in [-0.1, -0.05) is 23.2 Å². The molecule has 0 fully saturated rings. The molecule has 0 aliphatic rings. The number of halogens is 3. The van der Waals surface area contributed by atoms with Gasteiger partial charge in [-0.2, -0.15) is 4.98 Å². The van der Waals surface area contributed by atoms with Gasteiger partial charge in [0.1, 0.15) is 10.6 Å². The summed E-state index contributed by atoms with van der Waals surface area (Å²) >= 11 is 11.7. The highest BCUT2D eigenvalue weighted by atomic mass is 35.5. The number of pyridine rings is 1. The number of nitrogens with zero attached hydrogens (tertiary/aromatic N) is 2. The van der Waals surface area contributed by atoms with E-state index in [1.165, 1.54) is 36.1 Å². The molecule has 10 heteroatoms. The molecular formula is C14H10Cl2FN3O3S. The number of hydrogen-bond acceptors (Lipinski definition) is 4. The zero-order chi connectivity index (χ0) is 17.6. The van der Waals surface area contributed by atoms with Crippen molar-refractivity contribution in [2.24, 2.45) is 5.14 Å². The topological polar surface area (TPSA) is 87.2 Å². The van der Waals surface area contributed by atoms with Gasteiger partial charge in [-0.15, -0.1) is 0 Å². The predicted molar refractivity (Wildman–Crippen MR) is 89.0 cm³/mol. The Balaban J connectivity index is 2.43. The largest absolute Gasteiger partial charge is 0.479 e. The van der Waals surface area contributed by atoms with E-state index >= 15 is 0 Å². The van der Waals surface area contributed by atoms with E-state index < -0.39 is 15.8 Å². The third-order valence-corrected chi connectivity index (χ3v) is 4.81. The fraction of sp³-hybridized carbons (Fsp3) is 0.0714. The number of rotatable bonds is 3. The summed E-state index contributed by atoms with van der Waals surface area (Å²) in [5, 5.41) is 5.59. The van der Waals surface area contributed by atoms with Gasteiger partial charge in [0.2, 0.25) is 15.9 Å². The summed E-state index contributed by atoms with van der Waals surface area (Å²) in [5.41, 5.74) is 0.551. The van der Waals surface area contributed by atoms with E-state index in [2.05, 4.69) is 4.98 Å². The van der Waals surface area contributed by atoms with Gasteiger partial charge >= 0.3 is 0 Å². The Morgan fingerprint density at radius 2 is 2.00 bits per heavy atom. The van der Waals surface area contributed by atoms with E-state index in [-0.39, 0.29) is 21.6 Å². The normalized spacial score (nSPS) is 11.9. The quantitative estimate of drug-likeness (QED) is 0.697. The molecule has 2 aromatic heterocycles. The molecule has 0 spiro atoms. The van der Waals surface area contributed by atoms with Crippen molar-refractivity contribution in [1.29, 1.82) is 0 Å². The number of hydrogen-bond donors (Lipinski definition) is 1. The summed E-state index contributed by atoms with van der Waals surface area (Å²) in [6.45, 7) is 0. The van der Waals surface area contributed by atoms with Crippen LogP contribution in [0.4, 0.5) is 4.39 Å². The van der Waals surface area contributed by atoms with Gasteiger partial charge in [0, 0.05) is 22.7 Å². The number of nitrogens with two attached hydrogens (primary N) is 1. The molecule has 24 heavy (non-hydrogen) atoms. The summed E-state index contributed by atoms with van der Waals surface area (Å²) in [6, 6.07) is 5.65. The van der Waals surface area contributed by atoms with E-state index in [0.29, 0.717) is 15.9 Å². The number of ether oxygens (including phenoxy) is 1. The van der Waals surface area contributed by atoms with Gasteiger partial charge in [0.05, 0.1) is 12.6 Å². The minimum atomic E-state index is -4.01. The smallest absolute Gasteiger partial charge is 0.240 e. The van der Waals surface area contributed by atoms with Gasteiger partial charge in [-0.3, -0.25) is 0 Å². The lowest BCUT2D eigenvalue weighted by molar-refractivity contribution is 0.394. The Kier molecular flexibility index (Phi) is 4.16. The van der Waals surface area contributed by atoms with Crippen molar-refractivity contribution >= 4 is 44.1 Å². The third kappa shape index (κ3) is 2.82. The molecule has 0 aliphatic carbocycles. The maximum atomic E-state index is 13.9. The second-order valence-corrected chi connectivity index (χ2v) is 7.18. The Bertz CT molecular complexity index is 1070. The molecule has 0 saturated carbocycles. The molecule has 0 bridgehead atoms. The summed E-state index contributed by atoms with van der Waals surface area (Å²) in [7, 11) is -2.68.